The molecule has 0 radical (unpaired) electrons. The number of aliphatic hydroxyl groups excluding tert-OH is 2. The molecule has 1 aliphatic rings. The highest BCUT2D eigenvalue weighted by molar-refractivity contribution is 4.81. The maximum atomic E-state index is 9.18. The van der Waals surface area contributed by atoms with E-state index in [-0.39, 0.29) is 0 Å². The number of hydrogen-bond donors (Lipinski definition) is 2. The molecular weight excluding hydrogens is 152 g/mol. The zero-order valence-corrected chi connectivity index (χ0v) is 6.43. The topological polar surface area (TPSA) is 68.2 Å². The van der Waals surface area contributed by atoms with Gasteiger partial charge in [0.2, 0.25) is 0 Å². The molecular formula is C6H12O5. The normalized spacial score (nSPS) is 44.7. The third-order valence-corrected chi connectivity index (χ3v) is 1.64. The molecule has 5 nitrogen and oxygen atoms in total. The van der Waals surface area contributed by atoms with Gasteiger partial charge in [0, 0.05) is 14.2 Å². The smallest absolute Gasteiger partial charge is 0.189 e. The highest BCUT2D eigenvalue weighted by Crippen LogP contribution is 2.21. The first-order valence-electron chi connectivity index (χ1n) is 3.28. The lowest BCUT2D eigenvalue weighted by atomic mass is 10.2. The van der Waals surface area contributed by atoms with E-state index in [0.29, 0.717) is 0 Å². The summed E-state index contributed by atoms with van der Waals surface area (Å²) in [5.41, 5.74) is 0. The number of rotatable bonds is 2. The maximum absolute atomic E-state index is 9.18. The molecule has 11 heavy (non-hydrogen) atoms. The maximum Gasteiger partial charge on any atom is 0.189 e. The van der Waals surface area contributed by atoms with Gasteiger partial charge in [-0.25, -0.2) is 0 Å². The van der Waals surface area contributed by atoms with Crippen molar-refractivity contribution in [2.45, 2.75) is 24.8 Å². The highest BCUT2D eigenvalue weighted by Gasteiger charge is 2.43. The van der Waals surface area contributed by atoms with E-state index in [4.69, 9.17) is 14.2 Å². The summed E-state index contributed by atoms with van der Waals surface area (Å²) >= 11 is 0. The van der Waals surface area contributed by atoms with E-state index in [1.165, 1.54) is 14.2 Å². The molecule has 1 aliphatic heterocycles. The first kappa shape index (κ1) is 8.89. The number of ether oxygens (including phenoxy) is 3. The van der Waals surface area contributed by atoms with Crippen molar-refractivity contribution in [3.05, 3.63) is 0 Å². The molecule has 4 atom stereocenters. The largest absolute Gasteiger partial charge is 0.385 e. The summed E-state index contributed by atoms with van der Waals surface area (Å²) in [6.45, 7) is 0. The molecule has 5 heteroatoms. The predicted molar refractivity (Wildman–Crippen MR) is 34.7 cm³/mol. The van der Waals surface area contributed by atoms with Crippen molar-refractivity contribution in [1.82, 2.24) is 0 Å². The van der Waals surface area contributed by atoms with Gasteiger partial charge in [0.1, 0.15) is 12.2 Å². The number of aliphatic hydroxyl groups is 2. The molecule has 0 saturated carbocycles. The highest BCUT2D eigenvalue weighted by atomic mass is 16.8. The molecule has 1 rings (SSSR count). The van der Waals surface area contributed by atoms with Gasteiger partial charge in [0.05, 0.1) is 0 Å². The summed E-state index contributed by atoms with van der Waals surface area (Å²) in [6.07, 6.45) is -3.67. The summed E-state index contributed by atoms with van der Waals surface area (Å²) in [6, 6.07) is 0. The molecule has 0 unspecified atom stereocenters. The third kappa shape index (κ3) is 1.52. The summed E-state index contributed by atoms with van der Waals surface area (Å²) in [5, 5.41) is 18.4. The first-order valence-corrected chi connectivity index (χ1v) is 3.28. The average molecular weight is 164 g/mol. The minimum atomic E-state index is -1.04. The Balaban J connectivity index is 2.53. The standard InChI is InChI=1S/C6H12O5/c1-9-5-3(7)4(8)6(10-2)11-5/h3-8H,1-2H3/t3-,4-,5-,6-/m0/s1. The lowest BCUT2D eigenvalue weighted by Crippen LogP contribution is -2.33. The Morgan fingerprint density at radius 2 is 1.36 bits per heavy atom. The van der Waals surface area contributed by atoms with Gasteiger partial charge < -0.3 is 24.4 Å². The molecule has 0 amide bonds. The predicted octanol–water partition coefficient (Wildman–Crippen LogP) is -1.32. The van der Waals surface area contributed by atoms with E-state index in [0.717, 1.165) is 0 Å². The van der Waals surface area contributed by atoms with Crippen LogP contribution in [0.3, 0.4) is 0 Å². The van der Waals surface area contributed by atoms with Crippen molar-refractivity contribution < 1.29 is 24.4 Å². The van der Waals surface area contributed by atoms with Gasteiger partial charge >= 0.3 is 0 Å². The van der Waals surface area contributed by atoms with Crippen LogP contribution in [0.4, 0.5) is 0 Å². The molecule has 1 heterocycles. The van der Waals surface area contributed by atoms with Gasteiger partial charge in [-0.15, -0.1) is 0 Å². The van der Waals surface area contributed by atoms with Crippen LogP contribution in [0.1, 0.15) is 0 Å². The molecule has 0 aromatic carbocycles. The minimum absolute atomic E-state index is 0.796. The van der Waals surface area contributed by atoms with Gasteiger partial charge in [0.25, 0.3) is 0 Å². The Kier molecular flexibility index (Phi) is 2.80. The molecule has 0 spiro atoms. The fourth-order valence-electron chi connectivity index (χ4n) is 1.01. The van der Waals surface area contributed by atoms with Crippen LogP contribution in [0.25, 0.3) is 0 Å². The SMILES string of the molecule is CO[C@H]1O[C@H](OC)[C@@H](O)[C@@H]1O. The quantitative estimate of drug-likeness (QED) is 0.530. The van der Waals surface area contributed by atoms with Crippen molar-refractivity contribution in [2.24, 2.45) is 0 Å². The van der Waals surface area contributed by atoms with Crippen LogP contribution in [0.15, 0.2) is 0 Å². The third-order valence-electron chi connectivity index (χ3n) is 1.64. The summed E-state index contributed by atoms with van der Waals surface area (Å²) in [5.74, 6) is 0. The second kappa shape index (κ2) is 3.46. The van der Waals surface area contributed by atoms with Crippen molar-refractivity contribution >= 4 is 0 Å². The Morgan fingerprint density at radius 3 is 1.55 bits per heavy atom. The van der Waals surface area contributed by atoms with Crippen LogP contribution in [-0.2, 0) is 14.2 Å². The van der Waals surface area contributed by atoms with Crippen molar-refractivity contribution in [1.29, 1.82) is 0 Å². The van der Waals surface area contributed by atoms with E-state index >= 15 is 0 Å². The Hall–Kier alpha value is -0.200. The second-order valence-corrected chi connectivity index (χ2v) is 2.33. The molecule has 0 aromatic heterocycles. The lowest BCUT2D eigenvalue weighted by Gasteiger charge is -2.10. The minimum Gasteiger partial charge on any atom is -0.385 e. The van der Waals surface area contributed by atoms with Gasteiger partial charge in [-0.2, -0.15) is 0 Å². The molecule has 1 fully saturated rings. The average Bonchev–Trinajstić information content (AvgIpc) is 2.30. The van der Waals surface area contributed by atoms with Gasteiger partial charge in [-0.1, -0.05) is 0 Å². The monoisotopic (exact) mass is 164 g/mol. The molecule has 1 saturated heterocycles. The van der Waals surface area contributed by atoms with Crippen molar-refractivity contribution in [3.8, 4) is 0 Å². The Bertz CT molecular complexity index is 110. The fraction of sp³-hybridized carbons (Fsp3) is 1.00. The number of hydrogen-bond acceptors (Lipinski definition) is 5. The van der Waals surface area contributed by atoms with E-state index in [1.54, 1.807) is 0 Å². The van der Waals surface area contributed by atoms with Crippen LogP contribution in [-0.4, -0.2) is 49.2 Å². The van der Waals surface area contributed by atoms with Gasteiger partial charge in [0.15, 0.2) is 12.6 Å². The van der Waals surface area contributed by atoms with Crippen molar-refractivity contribution in [3.63, 3.8) is 0 Å². The van der Waals surface area contributed by atoms with Crippen LogP contribution >= 0.6 is 0 Å². The van der Waals surface area contributed by atoms with Crippen molar-refractivity contribution in [2.75, 3.05) is 14.2 Å². The summed E-state index contributed by atoms with van der Waals surface area (Å²) in [7, 11) is 2.78. The Labute approximate surface area is 64.5 Å². The van der Waals surface area contributed by atoms with Gasteiger partial charge in [-0.3, -0.25) is 0 Å². The van der Waals surface area contributed by atoms with Crippen LogP contribution in [0.5, 0.6) is 0 Å². The molecule has 2 N–H and O–H groups in total. The number of methoxy groups -OCH3 is 2. The lowest BCUT2D eigenvalue weighted by molar-refractivity contribution is -0.205. The van der Waals surface area contributed by atoms with Gasteiger partial charge in [-0.05, 0) is 0 Å². The summed E-state index contributed by atoms with van der Waals surface area (Å²) in [4.78, 5) is 0. The fourth-order valence-corrected chi connectivity index (χ4v) is 1.01. The van der Waals surface area contributed by atoms with E-state index in [1.807, 2.05) is 0 Å². The second-order valence-electron chi connectivity index (χ2n) is 2.33. The van der Waals surface area contributed by atoms with E-state index in [9.17, 15) is 10.2 Å². The molecule has 0 aromatic rings. The van der Waals surface area contributed by atoms with Crippen LogP contribution in [0, 0.1) is 0 Å². The van der Waals surface area contributed by atoms with Crippen LogP contribution < -0.4 is 0 Å². The van der Waals surface area contributed by atoms with E-state index < -0.39 is 24.8 Å². The molecule has 66 valence electrons. The first-order chi connectivity index (χ1) is 5.20. The Morgan fingerprint density at radius 1 is 1.00 bits per heavy atom. The summed E-state index contributed by atoms with van der Waals surface area (Å²) < 4.78 is 14.4. The zero-order chi connectivity index (χ0) is 8.43. The molecule has 0 bridgehead atoms. The van der Waals surface area contributed by atoms with E-state index in [2.05, 4.69) is 0 Å². The van der Waals surface area contributed by atoms with Crippen LogP contribution in [0.2, 0.25) is 0 Å². The molecule has 0 aliphatic carbocycles. The zero-order valence-electron chi connectivity index (χ0n) is 6.43.